The van der Waals surface area contributed by atoms with Crippen LogP contribution >= 0.6 is 11.3 Å². The summed E-state index contributed by atoms with van der Waals surface area (Å²) in [7, 11) is 0. The summed E-state index contributed by atoms with van der Waals surface area (Å²) in [6.07, 6.45) is 4.70. The SMILES string of the molecule is Cc1ccc(CC(=O)N2CCC[C@@H]2c2noc(C3CC3)n2)s1. The van der Waals surface area contributed by atoms with Gasteiger partial charge < -0.3 is 9.42 Å². The van der Waals surface area contributed by atoms with Crippen LogP contribution in [0.5, 0.6) is 0 Å². The molecule has 1 aliphatic carbocycles. The third-order valence-electron chi connectivity index (χ3n) is 4.38. The Balaban J connectivity index is 1.48. The minimum Gasteiger partial charge on any atom is -0.339 e. The van der Waals surface area contributed by atoms with E-state index in [1.807, 2.05) is 11.0 Å². The number of rotatable bonds is 4. The largest absolute Gasteiger partial charge is 0.339 e. The van der Waals surface area contributed by atoms with Crippen LogP contribution < -0.4 is 0 Å². The van der Waals surface area contributed by atoms with E-state index in [0.717, 1.165) is 43.0 Å². The van der Waals surface area contributed by atoms with Crippen molar-refractivity contribution in [2.45, 2.75) is 51.0 Å². The van der Waals surface area contributed by atoms with Crippen molar-refractivity contribution in [2.75, 3.05) is 6.54 Å². The van der Waals surface area contributed by atoms with Gasteiger partial charge in [0.25, 0.3) is 0 Å². The second kappa shape index (κ2) is 5.50. The Morgan fingerprint density at radius 1 is 1.41 bits per heavy atom. The maximum Gasteiger partial charge on any atom is 0.229 e. The van der Waals surface area contributed by atoms with E-state index in [2.05, 4.69) is 23.1 Å². The molecule has 2 aromatic heterocycles. The van der Waals surface area contributed by atoms with Gasteiger partial charge in [0.15, 0.2) is 5.82 Å². The minimum atomic E-state index is -0.00944. The first-order valence-corrected chi connectivity index (χ1v) is 8.70. The van der Waals surface area contributed by atoms with Crippen LogP contribution in [-0.4, -0.2) is 27.5 Å². The second-order valence-electron chi connectivity index (χ2n) is 6.20. The van der Waals surface area contributed by atoms with E-state index in [9.17, 15) is 4.79 Å². The minimum absolute atomic E-state index is 0.00944. The zero-order valence-corrected chi connectivity index (χ0v) is 13.4. The van der Waals surface area contributed by atoms with Gasteiger partial charge in [-0.3, -0.25) is 4.79 Å². The molecule has 0 bridgehead atoms. The van der Waals surface area contributed by atoms with Crippen molar-refractivity contribution in [1.82, 2.24) is 15.0 Å². The molecule has 0 spiro atoms. The number of aromatic nitrogens is 2. The van der Waals surface area contributed by atoms with Crippen molar-refractivity contribution in [3.05, 3.63) is 33.6 Å². The molecule has 1 aliphatic heterocycles. The summed E-state index contributed by atoms with van der Waals surface area (Å²) in [5.74, 6) is 2.07. The average molecular weight is 317 g/mol. The third kappa shape index (κ3) is 2.67. The molecule has 2 aliphatic rings. The van der Waals surface area contributed by atoms with Gasteiger partial charge in [0, 0.05) is 22.2 Å². The number of likely N-dealkylation sites (tertiary alicyclic amines) is 1. The van der Waals surface area contributed by atoms with Crippen LogP contribution in [0.4, 0.5) is 0 Å². The maximum atomic E-state index is 12.6. The van der Waals surface area contributed by atoms with Crippen molar-refractivity contribution >= 4 is 17.2 Å². The zero-order valence-electron chi connectivity index (χ0n) is 12.6. The topological polar surface area (TPSA) is 59.2 Å². The lowest BCUT2D eigenvalue weighted by atomic mass is 10.2. The molecule has 0 aromatic carbocycles. The highest BCUT2D eigenvalue weighted by atomic mass is 32.1. The summed E-state index contributed by atoms with van der Waals surface area (Å²) in [4.78, 5) is 21.4. The highest BCUT2D eigenvalue weighted by Gasteiger charge is 2.36. The second-order valence-corrected chi connectivity index (χ2v) is 7.57. The first-order chi connectivity index (χ1) is 10.7. The Hall–Kier alpha value is -1.69. The van der Waals surface area contributed by atoms with Crippen LogP contribution in [0.15, 0.2) is 16.7 Å². The Bertz CT molecular complexity index is 689. The number of aryl methyl sites for hydroxylation is 1. The van der Waals surface area contributed by atoms with Crippen molar-refractivity contribution < 1.29 is 9.32 Å². The molecule has 0 radical (unpaired) electrons. The van der Waals surface area contributed by atoms with Crippen LogP contribution in [-0.2, 0) is 11.2 Å². The highest BCUT2D eigenvalue weighted by Crippen LogP contribution is 2.40. The molecule has 6 heteroatoms. The predicted molar refractivity (Wildman–Crippen MR) is 82.7 cm³/mol. The summed E-state index contributed by atoms with van der Waals surface area (Å²) in [5.41, 5.74) is 0. The van der Waals surface area contributed by atoms with Gasteiger partial charge in [0.1, 0.15) is 0 Å². The highest BCUT2D eigenvalue weighted by molar-refractivity contribution is 7.12. The summed E-state index contributed by atoms with van der Waals surface area (Å²) in [6.45, 7) is 2.86. The molecule has 2 aromatic rings. The number of carbonyl (C=O) groups excluding carboxylic acids is 1. The molecule has 1 atom stereocenters. The standard InChI is InChI=1S/C16H19N3O2S/c1-10-4-7-12(22-10)9-14(20)19-8-2-3-13(19)15-17-16(21-18-15)11-5-6-11/h4,7,11,13H,2-3,5-6,8-9H2,1H3/t13-/m1/s1. The fourth-order valence-corrected chi connectivity index (χ4v) is 3.92. The lowest BCUT2D eigenvalue weighted by Crippen LogP contribution is -2.32. The molecule has 22 heavy (non-hydrogen) atoms. The quantitative estimate of drug-likeness (QED) is 0.868. The van der Waals surface area contributed by atoms with E-state index in [1.54, 1.807) is 11.3 Å². The molecule has 4 rings (SSSR count). The summed E-state index contributed by atoms with van der Waals surface area (Å²) in [5, 5.41) is 4.13. The van der Waals surface area contributed by atoms with E-state index in [-0.39, 0.29) is 11.9 Å². The van der Waals surface area contributed by atoms with Crippen molar-refractivity contribution in [2.24, 2.45) is 0 Å². The van der Waals surface area contributed by atoms with Crippen molar-refractivity contribution in [3.63, 3.8) is 0 Å². The van der Waals surface area contributed by atoms with E-state index in [0.29, 0.717) is 18.2 Å². The fraction of sp³-hybridized carbons (Fsp3) is 0.562. The van der Waals surface area contributed by atoms with Gasteiger partial charge >= 0.3 is 0 Å². The number of hydrogen-bond donors (Lipinski definition) is 0. The molecule has 1 saturated carbocycles. The zero-order chi connectivity index (χ0) is 15.1. The van der Waals surface area contributed by atoms with Gasteiger partial charge in [-0.15, -0.1) is 11.3 Å². The molecule has 0 N–H and O–H groups in total. The van der Waals surface area contributed by atoms with Crippen LogP contribution in [0.1, 0.15) is 59.1 Å². The van der Waals surface area contributed by atoms with Gasteiger partial charge in [0.2, 0.25) is 11.8 Å². The molecule has 5 nitrogen and oxygen atoms in total. The average Bonchev–Trinajstić information content (AvgIpc) is 2.93. The molecule has 1 saturated heterocycles. The van der Waals surface area contributed by atoms with E-state index in [1.165, 1.54) is 4.88 Å². The lowest BCUT2D eigenvalue weighted by Gasteiger charge is -2.21. The Morgan fingerprint density at radius 2 is 2.27 bits per heavy atom. The lowest BCUT2D eigenvalue weighted by molar-refractivity contribution is -0.131. The molecule has 116 valence electrons. The Morgan fingerprint density at radius 3 is 3.00 bits per heavy atom. The normalized spacial score (nSPS) is 21.5. The molecular weight excluding hydrogens is 298 g/mol. The van der Waals surface area contributed by atoms with Crippen LogP contribution in [0.25, 0.3) is 0 Å². The number of hydrogen-bond acceptors (Lipinski definition) is 5. The summed E-state index contributed by atoms with van der Waals surface area (Å²) < 4.78 is 5.35. The van der Waals surface area contributed by atoms with Gasteiger partial charge in [-0.2, -0.15) is 4.98 Å². The predicted octanol–water partition coefficient (Wildman–Crippen LogP) is 3.22. The first kappa shape index (κ1) is 13.9. The number of thiophene rings is 1. The van der Waals surface area contributed by atoms with E-state index < -0.39 is 0 Å². The smallest absolute Gasteiger partial charge is 0.229 e. The number of amides is 1. The summed E-state index contributed by atoms with van der Waals surface area (Å²) >= 11 is 1.69. The molecular formula is C16H19N3O2S. The fourth-order valence-electron chi connectivity index (χ4n) is 3.04. The molecule has 2 fully saturated rings. The monoisotopic (exact) mass is 317 g/mol. The van der Waals surface area contributed by atoms with Crippen molar-refractivity contribution in [3.8, 4) is 0 Å². The Labute approximate surface area is 133 Å². The van der Waals surface area contributed by atoms with Crippen LogP contribution in [0, 0.1) is 6.92 Å². The van der Waals surface area contributed by atoms with Gasteiger partial charge in [-0.1, -0.05) is 5.16 Å². The summed E-state index contributed by atoms with van der Waals surface area (Å²) in [6, 6.07) is 4.10. The van der Waals surface area contributed by atoms with Crippen LogP contribution in [0.2, 0.25) is 0 Å². The van der Waals surface area contributed by atoms with Gasteiger partial charge in [0.05, 0.1) is 12.5 Å². The van der Waals surface area contributed by atoms with E-state index >= 15 is 0 Å². The maximum absolute atomic E-state index is 12.6. The molecule has 1 amide bonds. The van der Waals surface area contributed by atoms with E-state index in [4.69, 9.17) is 4.52 Å². The Kier molecular flexibility index (Phi) is 3.48. The first-order valence-electron chi connectivity index (χ1n) is 7.89. The van der Waals surface area contributed by atoms with Gasteiger partial charge in [-0.25, -0.2) is 0 Å². The molecule has 3 heterocycles. The molecule has 0 unspecified atom stereocenters. The van der Waals surface area contributed by atoms with Gasteiger partial charge in [-0.05, 0) is 44.7 Å². The number of nitrogens with zero attached hydrogens (tertiary/aromatic N) is 3. The van der Waals surface area contributed by atoms with Crippen LogP contribution in [0.3, 0.4) is 0 Å². The van der Waals surface area contributed by atoms with Crippen molar-refractivity contribution in [1.29, 1.82) is 0 Å². The number of carbonyl (C=O) groups is 1. The third-order valence-corrected chi connectivity index (χ3v) is 5.38.